The van der Waals surface area contributed by atoms with Crippen LogP contribution in [-0.2, 0) is 79.1 Å². The number of urea groups is 1. The number of nitrogen functional groups attached to an aromatic ring is 1. The van der Waals surface area contributed by atoms with E-state index in [2.05, 4.69) is 78.7 Å². The molecule has 0 saturated carbocycles. The third-order valence-corrected chi connectivity index (χ3v) is 24.5. The zero-order valence-corrected chi connectivity index (χ0v) is 86.0. The number of nitrogens with one attached hydrogen (secondary N) is 5. The largest absolute Gasteiger partial charge is 0.444 e. The molecular formula is C115H121N17O15S2. The van der Waals surface area contributed by atoms with Crippen molar-refractivity contribution in [2.24, 2.45) is 4.40 Å². The Bertz CT molecular complexity index is 7230. The molecule has 7 N–H and O–H groups in total. The van der Waals surface area contributed by atoms with Gasteiger partial charge in [0.15, 0.2) is 12.6 Å². The molecule has 0 saturated heterocycles. The number of hydrogen-bond acceptors (Lipinski definition) is 19. The summed E-state index contributed by atoms with van der Waals surface area (Å²) in [5, 5.41) is 11.4. The maximum atomic E-state index is 13.1. The summed E-state index contributed by atoms with van der Waals surface area (Å²) in [6, 6.07) is 97.4. The lowest BCUT2D eigenvalue weighted by molar-refractivity contribution is -0.122. The standard InChI is InChI=1S/C29H27N5O3S.2C26H28N4O2.C14H19NO3.C10H10N2.C8H7NO3S.C2H2O2/c1-22-10-5-6-15-27(22)38(36,37)32-29(35)31-26(20-23-11-3-2-4-12-23)28-30-16-19-34(28)25-14-9-13-24(21-25)33-17-7-8-18-33;2*1-26(2,3)32-25(31)28-23(18-20-10-5-4-6-11-20)24-27-14-17-30(24)22-13-9-12-21(19-22)29-15-7-8-16-29;1-14(2,3)18-13(17)15-12(10-16)9-11-7-5-4-6-8-11;11-9-4-3-5-10(8-9)12-6-1-2-7-12;1-7-4-2-3-5-8(7)13(11,12)9-6-10;3-1-2-4/h2-19,21,26H,20H2,1H3,(H2,31,32,35);2*4-17,19,23H,18H2,1-3H3,(H,28,31);4-8,10,12H,9H2,1-3H3,(H,15,17);1-8H,11H2;2-5H,1H3;1-2H/t26-;2*23-;12-;;;/m0000.../s1. The zero-order chi connectivity index (χ0) is 107. The summed E-state index contributed by atoms with van der Waals surface area (Å²) in [5.41, 5.74) is 16.9. The Morgan fingerprint density at radius 3 is 0.953 bits per heavy atom. The minimum Gasteiger partial charge on any atom is -0.444 e. The highest BCUT2D eigenvalue weighted by Crippen LogP contribution is 2.30. The van der Waals surface area contributed by atoms with Crippen LogP contribution in [0.3, 0.4) is 0 Å². The number of isocyanates is 1. The SMILES string of the molecule is CC(C)(C)OC(=O)N[C@@H](Cc1ccccc1)c1nccn1-c1cccc(-n2cccc2)c1.CC(C)(C)OC(=O)N[C@@H](Cc1ccccc1)c1nccn1-c1cccc(-n2cccc2)c1.CC(C)(C)OC(=O)N[C@H](C=O)Cc1ccccc1.Cc1ccccc1S(=O)(=O)N=C=O.Cc1ccccc1S(=O)(=O)NC(=O)N[C@@H](Cc1ccccc1)c1nccn1-c1cccc(-n2cccc2)c1.Nc1cccc(-n2cccc2)c1.O=CC=O. The number of amides is 5. The van der Waals surface area contributed by atoms with Gasteiger partial charge >= 0.3 is 24.3 Å². The molecule has 0 radical (unpaired) electrons. The number of nitrogens with two attached hydrogens (primary N) is 1. The van der Waals surface area contributed by atoms with Crippen LogP contribution < -0.4 is 31.7 Å². The van der Waals surface area contributed by atoms with Crippen LogP contribution in [-0.4, -0.2) is 136 Å². The highest BCUT2D eigenvalue weighted by Gasteiger charge is 2.30. The van der Waals surface area contributed by atoms with Crippen molar-refractivity contribution in [1.82, 2.24) is 72.9 Å². The molecule has 0 unspecified atom stereocenters. The van der Waals surface area contributed by atoms with Crippen LogP contribution in [0.2, 0.25) is 0 Å². The normalized spacial score (nSPS) is 11.8. The number of ether oxygens (including phenoxy) is 3. The molecule has 0 bridgehead atoms. The summed E-state index contributed by atoms with van der Waals surface area (Å²) >= 11 is 0. The van der Waals surface area contributed by atoms with Gasteiger partial charge in [-0.3, -0.25) is 9.59 Å². The number of aldehydes is 3. The van der Waals surface area contributed by atoms with Crippen molar-refractivity contribution in [2.75, 3.05) is 5.73 Å². The second-order valence-electron chi connectivity index (χ2n) is 36.6. The van der Waals surface area contributed by atoms with Crippen LogP contribution in [0.4, 0.5) is 24.9 Å². The molecule has 34 heteroatoms. The second kappa shape index (κ2) is 54.2. The Labute approximate surface area is 867 Å². The van der Waals surface area contributed by atoms with Crippen LogP contribution in [0.15, 0.2) is 416 Å². The Morgan fingerprint density at radius 1 is 0.356 bits per heavy atom. The minimum atomic E-state index is -4.06. The molecule has 0 aliphatic rings. The molecule has 0 aliphatic heterocycles. The molecule has 17 rings (SSSR count). The molecule has 7 heterocycles. The van der Waals surface area contributed by atoms with Crippen molar-refractivity contribution in [1.29, 1.82) is 0 Å². The number of alkyl carbamates (subject to hydrolysis) is 3. The number of anilines is 1. The maximum Gasteiger partial charge on any atom is 0.408 e. The molecule has 17 aromatic rings. The topological polar surface area (TPSA) is 404 Å². The van der Waals surface area contributed by atoms with Crippen molar-refractivity contribution >= 4 is 75.0 Å². The van der Waals surface area contributed by atoms with Gasteiger partial charge < -0.3 is 78.0 Å². The van der Waals surface area contributed by atoms with Crippen molar-refractivity contribution in [3.05, 3.63) is 453 Å². The van der Waals surface area contributed by atoms with E-state index in [1.807, 2.05) is 375 Å². The number of carbonyl (C=O) groups excluding carboxylic acids is 8. The monoisotopic (exact) mass is 2040 g/mol. The molecule has 10 aromatic carbocycles. The Hall–Kier alpha value is -17.9. The lowest BCUT2D eigenvalue weighted by Crippen LogP contribution is -2.42. The summed E-state index contributed by atoms with van der Waals surface area (Å²) in [6.45, 7) is 19.8. The van der Waals surface area contributed by atoms with Gasteiger partial charge in [0.2, 0.25) is 0 Å². The fourth-order valence-electron chi connectivity index (χ4n) is 15.2. The third kappa shape index (κ3) is 35.5. The van der Waals surface area contributed by atoms with E-state index in [9.17, 15) is 45.6 Å². The van der Waals surface area contributed by atoms with E-state index in [4.69, 9.17) is 29.5 Å². The number of sulfonamides is 2. The van der Waals surface area contributed by atoms with Crippen LogP contribution >= 0.6 is 0 Å². The van der Waals surface area contributed by atoms with Crippen LogP contribution in [0.5, 0.6) is 0 Å². The molecule has 32 nitrogen and oxygen atoms in total. The highest BCUT2D eigenvalue weighted by atomic mass is 32.2. The Balaban J connectivity index is 0.000000176. The Morgan fingerprint density at radius 2 is 0.644 bits per heavy atom. The summed E-state index contributed by atoms with van der Waals surface area (Å²) in [5.74, 6) is 2.05. The summed E-state index contributed by atoms with van der Waals surface area (Å²) in [6.07, 6.45) is 29.5. The van der Waals surface area contributed by atoms with Crippen molar-refractivity contribution in [3.63, 3.8) is 0 Å². The molecule has 0 fully saturated rings. The molecular weight excluding hydrogens is 1920 g/mol. The first-order chi connectivity index (χ1) is 71.4. The van der Waals surface area contributed by atoms with Gasteiger partial charge in [0, 0.05) is 145 Å². The maximum absolute atomic E-state index is 13.1. The number of aryl methyl sites for hydroxylation is 2. The highest BCUT2D eigenvalue weighted by molar-refractivity contribution is 7.90. The van der Waals surface area contributed by atoms with E-state index in [1.54, 1.807) is 89.6 Å². The predicted molar refractivity (Wildman–Crippen MR) is 574 cm³/mol. The summed E-state index contributed by atoms with van der Waals surface area (Å²) in [7, 11) is -7.90. The number of imidazole rings is 3. The van der Waals surface area contributed by atoms with E-state index in [0.717, 1.165) is 91.8 Å². The van der Waals surface area contributed by atoms with E-state index < -0.39 is 73.2 Å². The summed E-state index contributed by atoms with van der Waals surface area (Å²) < 4.78 is 83.4. The molecule has 0 aliphatic carbocycles. The fraction of sp³-hybridized carbons (Fsp3) is 0.191. The van der Waals surface area contributed by atoms with Gasteiger partial charge in [-0.25, -0.2) is 52.1 Å². The second-order valence-corrected chi connectivity index (χ2v) is 39.8. The van der Waals surface area contributed by atoms with Gasteiger partial charge in [0.05, 0.1) is 34.0 Å². The van der Waals surface area contributed by atoms with Crippen molar-refractivity contribution in [3.8, 4) is 39.8 Å². The average molecular weight is 2050 g/mol. The van der Waals surface area contributed by atoms with E-state index in [0.29, 0.717) is 42.6 Å². The molecule has 149 heavy (non-hydrogen) atoms. The molecule has 7 aromatic heterocycles. The Kier molecular flexibility index (Phi) is 40.5. The van der Waals surface area contributed by atoms with Gasteiger partial charge in [-0.15, -0.1) is 0 Å². The lowest BCUT2D eigenvalue weighted by atomic mass is 10.1. The minimum absolute atomic E-state index is 0.0401. The first-order valence-corrected chi connectivity index (χ1v) is 50.4. The number of rotatable bonds is 28. The van der Waals surface area contributed by atoms with Crippen LogP contribution in [0.25, 0.3) is 39.8 Å². The number of nitrogens with zero attached hydrogens (tertiary/aromatic N) is 11. The molecule has 0 spiro atoms. The third-order valence-electron chi connectivity index (χ3n) is 21.6. The van der Waals surface area contributed by atoms with Gasteiger partial charge in [-0.2, -0.15) is 8.42 Å². The quantitative estimate of drug-likeness (QED) is 0.00662. The summed E-state index contributed by atoms with van der Waals surface area (Å²) in [4.78, 5) is 102. The van der Waals surface area contributed by atoms with Gasteiger partial charge in [0.25, 0.3) is 26.1 Å². The zero-order valence-electron chi connectivity index (χ0n) is 84.4. The number of aromatic nitrogens is 10. The van der Waals surface area contributed by atoms with Crippen LogP contribution in [0, 0.1) is 13.8 Å². The van der Waals surface area contributed by atoms with Gasteiger partial charge in [0.1, 0.15) is 40.6 Å². The first kappa shape index (κ1) is 111. The van der Waals surface area contributed by atoms with Gasteiger partial charge in [-0.05, 0) is 256 Å². The van der Waals surface area contributed by atoms with Crippen molar-refractivity contribution < 1.29 is 69.4 Å². The fourth-order valence-corrected chi connectivity index (χ4v) is 17.3. The number of carbonyl (C=O) groups is 7. The van der Waals surface area contributed by atoms with Crippen LogP contribution in [0.1, 0.15) is 131 Å². The lowest BCUT2D eigenvalue weighted by Gasteiger charge is -2.24. The van der Waals surface area contributed by atoms with E-state index in [1.165, 1.54) is 12.1 Å². The number of hydrogen-bond donors (Lipinski definition) is 6. The van der Waals surface area contributed by atoms with E-state index >= 15 is 0 Å². The van der Waals surface area contributed by atoms with E-state index in [-0.39, 0.29) is 34.4 Å². The average Bonchev–Trinajstić information content (AvgIpc) is 1.47. The number of benzene rings is 10. The van der Waals surface area contributed by atoms with Gasteiger partial charge in [-0.1, -0.05) is 186 Å². The first-order valence-electron chi connectivity index (χ1n) is 47.5. The molecule has 4 atom stereocenters. The predicted octanol–water partition coefficient (Wildman–Crippen LogP) is 20.7. The smallest absolute Gasteiger partial charge is 0.408 e. The molecule has 5 amide bonds. The molecule has 768 valence electrons. The van der Waals surface area contributed by atoms with Crippen molar-refractivity contribution in [2.45, 2.75) is 153 Å².